The first-order chi connectivity index (χ1) is 10.4. The van der Waals surface area contributed by atoms with Crippen molar-refractivity contribution in [3.8, 4) is 0 Å². The molecule has 0 heterocycles. The zero-order valence-electron chi connectivity index (χ0n) is 12.3. The van der Waals surface area contributed by atoms with Crippen molar-refractivity contribution in [2.75, 3.05) is 0 Å². The van der Waals surface area contributed by atoms with Crippen LogP contribution in [-0.2, 0) is 0 Å². The molecule has 0 bridgehead atoms. The molecular weight excluding hydrogens is 286 g/mol. The highest BCUT2D eigenvalue weighted by atomic mass is 16.4. The molecule has 1 saturated carbocycles. The number of hydrogen-bond acceptors (Lipinski definition) is 3. The summed E-state index contributed by atoms with van der Waals surface area (Å²) < 4.78 is 0. The molecule has 1 aliphatic rings. The maximum atomic E-state index is 12.3. The summed E-state index contributed by atoms with van der Waals surface area (Å²) >= 11 is 0. The number of carbonyl (C=O) groups excluding carboxylic acids is 1. The van der Waals surface area contributed by atoms with Crippen LogP contribution in [0.2, 0.25) is 0 Å². The van der Waals surface area contributed by atoms with E-state index in [2.05, 4.69) is 12.2 Å². The molecule has 2 atom stereocenters. The van der Waals surface area contributed by atoms with Crippen molar-refractivity contribution >= 4 is 17.8 Å². The first-order valence-corrected chi connectivity index (χ1v) is 7.31. The van der Waals surface area contributed by atoms with Crippen LogP contribution in [0.5, 0.6) is 0 Å². The highest BCUT2D eigenvalue weighted by Crippen LogP contribution is 2.24. The molecule has 0 saturated heterocycles. The van der Waals surface area contributed by atoms with E-state index in [9.17, 15) is 14.4 Å². The molecule has 0 radical (unpaired) electrons. The Morgan fingerprint density at radius 3 is 1.95 bits per heavy atom. The number of rotatable bonds is 4. The van der Waals surface area contributed by atoms with E-state index in [-0.39, 0.29) is 22.7 Å². The van der Waals surface area contributed by atoms with Gasteiger partial charge in [0.2, 0.25) is 0 Å². The van der Waals surface area contributed by atoms with E-state index >= 15 is 0 Å². The Hall–Kier alpha value is -2.37. The number of hydrogen-bond donors (Lipinski definition) is 3. The van der Waals surface area contributed by atoms with E-state index in [4.69, 9.17) is 10.2 Å². The van der Waals surface area contributed by atoms with Gasteiger partial charge < -0.3 is 15.5 Å². The lowest BCUT2D eigenvalue weighted by Gasteiger charge is -2.29. The molecule has 1 fully saturated rings. The van der Waals surface area contributed by atoms with Crippen LogP contribution in [0.1, 0.15) is 63.7 Å². The van der Waals surface area contributed by atoms with Gasteiger partial charge in [-0.3, -0.25) is 4.79 Å². The second-order valence-corrected chi connectivity index (χ2v) is 5.75. The molecule has 0 aromatic heterocycles. The van der Waals surface area contributed by atoms with E-state index < -0.39 is 17.8 Å². The minimum absolute atomic E-state index is 0.0445. The van der Waals surface area contributed by atoms with Crippen molar-refractivity contribution in [3.05, 3.63) is 34.9 Å². The quantitative estimate of drug-likeness (QED) is 0.792. The van der Waals surface area contributed by atoms with E-state index in [1.54, 1.807) is 0 Å². The van der Waals surface area contributed by atoms with Gasteiger partial charge in [-0.15, -0.1) is 0 Å². The van der Waals surface area contributed by atoms with Gasteiger partial charge in [-0.2, -0.15) is 0 Å². The molecule has 1 aliphatic carbocycles. The second kappa shape index (κ2) is 6.60. The second-order valence-electron chi connectivity index (χ2n) is 5.75. The zero-order chi connectivity index (χ0) is 16.3. The maximum Gasteiger partial charge on any atom is 0.335 e. The first-order valence-electron chi connectivity index (χ1n) is 7.31. The number of carboxylic acids is 2. The summed E-state index contributed by atoms with van der Waals surface area (Å²) in [6.07, 6.45) is 4.12. The van der Waals surface area contributed by atoms with Gasteiger partial charge in [0.1, 0.15) is 0 Å². The van der Waals surface area contributed by atoms with E-state index in [0.29, 0.717) is 5.92 Å². The molecule has 0 spiro atoms. The summed E-state index contributed by atoms with van der Waals surface area (Å²) in [5, 5.41) is 21.0. The van der Waals surface area contributed by atoms with Crippen LogP contribution >= 0.6 is 0 Å². The van der Waals surface area contributed by atoms with Crippen LogP contribution in [0.4, 0.5) is 0 Å². The fourth-order valence-corrected chi connectivity index (χ4v) is 2.79. The van der Waals surface area contributed by atoms with E-state index in [1.807, 2.05) is 0 Å². The Balaban J connectivity index is 2.24. The molecule has 22 heavy (non-hydrogen) atoms. The molecule has 1 aromatic carbocycles. The predicted octanol–water partition coefficient (Wildman–Crippen LogP) is 2.39. The highest BCUT2D eigenvalue weighted by Gasteiger charge is 2.24. The number of carbonyl (C=O) groups is 3. The monoisotopic (exact) mass is 305 g/mol. The van der Waals surface area contributed by atoms with Crippen LogP contribution in [0.15, 0.2) is 18.2 Å². The standard InChI is InChI=1S/C16H19NO5/c1-9-4-2-3-5-13(9)17-14(18)10-6-11(15(19)20)8-12(7-10)16(21)22/h6-9,13H,2-5H2,1H3,(H,17,18)(H,19,20)(H,21,22). The fourth-order valence-electron chi connectivity index (χ4n) is 2.79. The van der Waals surface area contributed by atoms with Crippen molar-refractivity contribution in [3.63, 3.8) is 0 Å². The third-order valence-corrected chi connectivity index (χ3v) is 4.12. The predicted molar refractivity (Wildman–Crippen MR) is 79.2 cm³/mol. The van der Waals surface area contributed by atoms with Crippen molar-refractivity contribution in [1.29, 1.82) is 0 Å². The third-order valence-electron chi connectivity index (χ3n) is 4.12. The van der Waals surface area contributed by atoms with Crippen LogP contribution in [0, 0.1) is 5.92 Å². The van der Waals surface area contributed by atoms with Crippen molar-refractivity contribution in [2.24, 2.45) is 5.92 Å². The van der Waals surface area contributed by atoms with Gasteiger partial charge in [0.15, 0.2) is 0 Å². The molecule has 118 valence electrons. The largest absolute Gasteiger partial charge is 0.478 e. The topological polar surface area (TPSA) is 104 Å². The van der Waals surface area contributed by atoms with Gasteiger partial charge in [-0.05, 0) is 37.0 Å². The van der Waals surface area contributed by atoms with Gasteiger partial charge >= 0.3 is 11.9 Å². The molecule has 0 aliphatic heterocycles. The lowest BCUT2D eigenvalue weighted by molar-refractivity contribution is 0.0696. The summed E-state index contributed by atoms with van der Waals surface area (Å²) in [4.78, 5) is 34.4. The third kappa shape index (κ3) is 3.63. The molecule has 1 aromatic rings. The Kier molecular flexibility index (Phi) is 4.80. The number of amides is 1. The molecule has 6 heteroatoms. The first kappa shape index (κ1) is 16.0. The SMILES string of the molecule is CC1CCCCC1NC(=O)c1cc(C(=O)O)cc(C(=O)O)c1. The molecule has 1 amide bonds. The Labute approximate surface area is 128 Å². The van der Waals surface area contributed by atoms with Gasteiger partial charge in [0.25, 0.3) is 5.91 Å². The average Bonchev–Trinajstić information content (AvgIpc) is 2.49. The lowest BCUT2D eigenvalue weighted by atomic mass is 9.86. The minimum atomic E-state index is -1.26. The number of aromatic carboxylic acids is 2. The van der Waals surface area contributed by atoms with Crippen LogP contribution in [0.3, 0.4) is 0 Å². The number of nitrogens with one attached hydrogen (secondary N) is 1. The highest BCUT2D eigenvalue weighted by molar-refractivity contribution is 6.01. The summed E-state index contributed by atoms with van der Waals surface area (Å²) in [6, 6.07) is 3.50. The minimum Gasteiger partial charge on any atom is -0.478 e. The van der Waals surface area contributed by atoms with Gasteiger partial charge in [-0.1, -0.05) is 19.8 Å². The number of carboxylic acid groups (broad SMARTS) is 2. The van der Waals surface area contributed by atoms with Crippen molar-refractivity contribution in [2.45, 2.75) is 38.6 Å². The van der Waals surface area contributed by atoms with Crippen LogP contribution < -0.4 is 5.32 Å². The molecule has 6 nitrogen and oxygen atoms in total. The Morgan fingerprint density at radius 2 is 1.45 bits per heavy atom. The van der Waals surface area contributed by atoms with Crippen LogP contribution in [-0.4, -0.2) is 34.1 Å². The fraction of sp³-hybridized carbons (Fsp3) is 0.438. The molecular formula is C16H19NO5. The van der Waals surface area contributed by atoms with Gasteiger partial charge in [-0.25, -0.2) is 9.59 Å². The Morgan fingerprint density at radius 1 is 0.955 bits per heavy atom. The maximum absolute atomic E-state index is 12.3. The zero-order valence-corrected chi connectivity index (χ0v) is 12.3. The average molecular weight is 305 g/mol. The van der Waals surface area contributed by atoms with E-state index in [1.165, 1.54) is 12.1 Å². The van der Waals surface area contributed by atoms with E-state index in [0.717, 1.165) is 31.7 Å². The molecule has 2 unspecified atom stereocenters. The summed E-state index contributed by atoms with van der Waals surface area (Å²) in [7, 11) is 0. The van der Waals surface area contributed by atoms with Crippen molar-refractivity contribution < 1.29 is 24.6 Å². The summed E-state index contributed by atoms with van der Waals surface area (Å²) in [5.41, 5.74) is -0.349. The van der Waals surface area contributed by atoms with Crippen LogP contribution in [0.25, 0.3) is 0 Å². The van der Waals surface area contributed by atoms with Crippen molar-refractivity contribution in [1.82, 2.24) is 5.32 Å². The normalized spacial score (nSPS) is 21.1. The molecule has 3 N–H and O–H groups in total. The summed E-state index contributed by atoms with van der Waals surface area (Å²) in [6.45, 7) is 2.07. The Bertz CT molecular complexity index is 578. The number of benzene rings is 1. The van der Waals surface area contributed by atoms with Gasteiger partial charge in [0.05, 0.1) is 11.1 Å². The lowest BCUT2D eigenvalue weighted by Crippen LogP contribution is -2.41. The molecule has 2 rings (SSSR count). The van der Waals surface area contributed by atoms with Gasteiger partial charge in [0, 0.05) is 11.6 Å². The smallest absolute Gasteiger partial charge is 0.335 e. The summed E-state index contributed by atoms with van der Waals surface area (Å²) in [5.74, 6) is -2.59.